The van der Waals surface area contributed by atoms with Crippen LogP contribution in [-0.4, -0.2) is 44.0 Å². The quantitative estimate of drug-likeness (QED) is 0.288. The van der Waals surface area contributed by atoms with Crippen molar-refractivity contribution in [2.24, 2.45) is 10.9 Å². The zero-order valence-electron chi connectivity index (χ0n) is 10.7. The van der Waals surface area contributed by atoms with Gasteiger partial charge in [0.25, 0.3) is 0 Å². The molecule has 0 aliphatic carbocycles. The molecule has 0 saturated heterocycles. The van der Waals surface area contributed by atoms with Crippen LogP contribution >= 0.6 is 0 Å². The fraction of sp³-hybridized carbons (Fsp3) is 0.273. The Morgan fingerprint density at radius 2 is 2.00 bits per heavy atom. The van der Waals surface area contributed by atoms with Crippen LogP contribution in [0.4, 0.5) is 5.69 Å². The van der Waals surface area contributed by atoms with E-state index >= 15 is 0 Å². The number of sulfone groups is 1. The van der Waals surface area contributed by atoms with Gasteiger partial charge in [-0.3, -0.25) is 4.79 Å². The number of nitrogens with two attached hydrogens (primary N) is 1. The van der Waals surface area contributed by atoms with Gasteiger partial charge in [0.2, 0.25) is 5.91 Å². The van der Waals surface area contributed by atoms with Crippen molar-refractivity contribution in [1.82, 2.24) is 0 Å². The van der Waals surface area contributed by atoms with E-state index in [2.05, 4.69) is 10.5 Å². The summed E-state index contributed by atoms with van der Waals surface area (Å²) in [5, 5.41) is 13.5. The summed E-state index contributed by atoms with van der Waals surface area (Å²) >= 11 is 0. The second-order valence-corrected chi connectivity index (χ2v) is 6.16. The highest BCUT2D eigenvalue weighted by Gasteiger charge is 2.10. The highest BCUT2D eigenvalue weighted by atomic mass is 32.2. The number of carbonyl (C=O) groups excluding carboxylic acids is 1. The van der Waals surface area contributed by atoms with E-state index in [0.717, 1.165) is 6.26 Å². The molecule has 0 radical (unpaired) electrons. The summed E-state index contributed by atoms with van der Waals surface area (Å²) in [4.78, 5) is 11.4. The van der Waals surface area contributed by atoms with Crippen LogP contribution in [0.3, 0.4) is 0 Å². The fourth-order valence-corrected chi connectivity index (χ4v) is 1.80. The molecule has 0 atom stereocenters. The smallest absolute Gasteiger partial charge is 0.239 e. The summed E-state index contributed by atoms with van der Waals surface area (Å²) in [5.41, 5.74) is 5.68. The maximum Gasteiger partial charge on any atom is 0.239 e. The van der Waals surface area contributed by atoms with Crippen LogP contribution in [0.2, 0.25) is 0 Å². The Morgan fingerprint density at radius 3 is 2.50 bits per heavy atom. The number of rotatable bonds is 6. The third kappa shape index (κ3) is 6.05. The third-order valence-electron chi connectivity index (χ3n) is 2.05. The van der Waals surface area contributed by atoms with Crippen LogP contribution in [0, 0.1) is 0 Å². The minimum absolute atomic E-state index is 0.0731. The number of amides is 1. The first-order valence-electron chi connectivity index (χ1n) is 5.47. The van der Waals surface area contributed by atoms with Crippen molar-refractivity contribution in [3.8, 4) is 5.75 Å². The van der Waals surface area contributed by atoms with Crippen molar-refractivity contribution < 1.29 is 23.2 Å². The molecule has 0 heterocycles. The van der Waals surface area contributed by atoms with E-state index in [1.54, 1.807) is 24.3 Å². The molecule has 0 saturated carbocycles. The van der Waals surface area contributed by atoms with E-state index in [0.29, 0.717) is 11.4 Å². The molecule has 1 rings (SSSR count). The van der Waals surface area contributed by atoms with Gasteiger partial charge >= 0.3 is 0 Å². The summed E-state index contributed by atoms with van der Waals surface area (Å²) in [6.45, 7) is -0.0731. The normalized spacial score (nSPS) is 11.9. The Hall–Kier alpha value is -2.29. The molecule has 1 aromatic rings. The molecule has 0 bridgehead atoms. The number of oxime groups is 1. The zero-order valence-corrected chi connectivity index (χ0v) is 11.6. The minimum atomic E-state index is -3.36. The number of anilines is 1. The molecule has 110 valence electrons. The molecule has 8 nitrogen and oxygen atoms in total. The molecular formula is C11H15N3O5S. The number of hydrogen-bond donors (Lipinski definition) is 3. The molecule has 0 aliphatic rings. The summed E-state index contributed by atoms with van der Waals surface area (Å²) in [7, 11) is -3.36. The Balaban J connectivity index is 2.56. The highest BCUT2D eigenvalue weighted by Crippen LogP contribution is 2.15. The molecule has 1 aromatic carbocycles. The average Bonchev–Trinajstić information content (AvgIpc) is 2.35. The molecule has 20 heavy (non-hydrogen) atoms. The number of amidine groups is 1. The monoisotopic (exact) mass is 301 g/mol. The maximum absolute atomic E-state index is 11.4. The SMILES string of the molecule is CS(=O)(=O)CC(=O)Nc1ccc(OCC(N)=NO)cc1. The number of ether oxygens (including phenoxy) is 1. The Bertz CT molecular complexity index is 595. The minimum Gasteiger partial charge on any atom is -0.486 e. The van der Waals surface area contributed by atoms with Crippen molar-refractivity contribution in [1.29, 1.82) is 0 Å². The topological polar surface area (TPSA) is 131 Å². The van der Waals surface area contributed by atoms with Crippen LogP contribution in [0.15, 0.2) is 29.4 Å². The molecule has 0 fully saturated rings. The second kappa shape index (κ2) is 6.75. The summed E-state index contributed by atoms with van der Waals surface area (Å²) in [6.07, 6.45) is 0.983. The number of hydrogen-bond acceptors (Lipinski definition) is 6. The lowest BCUT2D eigenvalue weighted by atomic mass is 10.3. The zero-order chi connectivity index (χ0) is 15.2. The molecule has 4 N–H and O–H groups in total. The van der Waals surface area contributed by atoms with Gasteiger partial charge in [-0.2, -0.15) is 0 Å². The van der Waals surface area contributed by atoms with E-state index in [9.17, 15) is 13.2 Å². The van der Waals surface area contributed by atoms with Gasteiger partial charge in [-0.1, -0.05) is 5.16 Å². The first-order chi connectivity index (χ1) is 9.30. The summed E-state index contributed by atoms with van der Waals surface area (Å²) in [6, 6.07) is 6.20. The predicted molar refractivity (Wildman–Crippen MR) is 73.7 cm³/mol. The number of carbonyl (C=O) groups is 1. The first kappa shape index (κ1) is 15.8. The maximum atomic E-state index is 11.4. The van der Waals surface area contributed by atoms with Crippen molar-refractivity contribution in [2.45, 2.75) is 0 Å². The lowest BCUT2D eigenvalue weighted by molar-refractivity contribution is -0.113. The highest BCUT2D eigenvalue weighted by molar-refractivity contribution is 7.91. The molecule has 0 spiro atoms. The number of nitrogens with one attached hydrogen (secondary N) is 1. The third-order valence-corrected chi connectivity index (χ3v) is 2.83. The van der Waals surface area contributed by atoms with Gasteiger partial charge in [-0.05, 0) is 24.3 Å². The fourth-order valence-electron chi connectivity index (χ4n) is 1.26. The van der Waals surface area contributed by atoms with Crippen molar-refractivity contribution in [3.05, 3.63) is 24.3 Å². The summed E-state index contributed by atoms with van der Waals surface area (Å²) in [5.74, 6) is -0.805. The molecule has 9 heteroatoms. The van der Waals surface area contributed by atoms with Crippen molar-refractivity contribution in [3.63, 3.8) is 0 Å². The van der Waals surface area contributed by atoms with Crippen LogP contribution in [-0.2, 0) is 14.6 Å². The predicted octanol–water partition coefficient (Wildman–Crippen LogP) is -0.205. The lowest BCUT2D eigenvalue weighted by Crippen LogP contribution is -2.22. The Labute approximate surface area is 116 Å². The van der Waals surface area contributed by atoms with Gasteiger partial charge in [-0.25, -0.2) is 8.42 Å². The van der Waals surface area contributed by atoms with Crippen LogP contribution in [0.25, 0.3) is 0 Å². The number of nitrogens with zero attached hydrogens (tertiary/aromatic N) is 1. The van der Waals surface area contributed by atoms with Crippen molar-refractivity contribution >= 4 is 27.3 Å². The van der Waals surface area contributed by atoms with Gasteiger partial charge in [-0.15, -0.1) is 0 Å². The largest absolute Gasteiger partial charge is 0.486 e. The average molecular weight is 301 g/mol. The van der Waals surface area contributed by atoms with Crippen molar-refractivity contribution in [2.75, 3.05) is 23.9 Å². The Kier molecular flexibility index (Phi) is 5.32. The van der Waals surface area contributed by atoms with Crippen LogP contribution in [0.5, 0.6) is 5.75 Å². The molecule has 1 amide bonds. The van der Waals surface area contributed by atoms with E-state index in [1.165, 1.54) is 0 Å². The summed E-state index contributed by atoms with van der Waals surface area (Å²) < 4.78 is 27.1. The standard InChI is InChI=1S/C11H15N3O5S/c1-20(17,18)7-11(15)13-8-2-4-9(5-3-8)19-6-10(12)14-16/h2-5,16H,6-7H2,1H3,(H2,12,14)(H,13,15). The van der Waals surface area contributed by atoms with E-state index < -0.39 is 21.5 Å². The van der Waals surface area contributed by atoms with Gasteiger partial charge < -0.3 is 21.0 Å². The molecule has 0 aromatic heterocycles. The molecule has 0 aliphatic heterocycles. The van der Waals surface area contributed by atoms with Gasteiger partial charge in [0.1, 0.15) is 18.1 Å². The second-order valence-electron chi connectivity index (χ2n) is 4.02. The van der Waals surface area contributed by atoms with E-state index in [-0.39, 0.29) is 12.4 Å². The lowest BCUT2D eigenvalue weighted by Gasteiger charge is -2.07. The Morgan fingerprint density at radius 1 is 1.40 bits per heavy atom. The van der Waals surface area contributed by atoms with Gasteiger partial charge in [0, 0.05) is 11.9 Å². The number of benzene rings is 1. The van der Waals surface area contributed by atoms with Crippen LogP contribution < -0.4 is 15.8 Å². The van der Waals surface area contributed by atoms with E-state index in [4.69, 9.17) is 15.7 Å². The van der Waals surface area contributed by atoms with Gasteiger partial charge in [0.15, 0.2) is 15.7 Å². The van der Waals surface area contributed by atoms with Crippen LogP contribution in [0.1, 0.15) is 0 Å². The molecular weight excluding hydrogens is 286 g/mol. The van der Waals surface area contributed by atoms with Gasteiger partial charge in [0.05, 0.1) is 0 Å². The first-order valence-corrected chi connectivity index (χ1v) is 7.53. The van der Waals surface area contributed by atoms with E-state index in [1.807, 2.05) is 0 Å². The molecule has 0 unspecified atom stereocenters.